The minimum Gasteiger partial charge on any atom is -0.493 e. The highest BCUT2D eigenvalue weighted by Gasteiger charge is 2.29. The number of aromatic carboxylic acids is 1. The van der Waals surface area contributed by atoms with Crippen molar-refractivity contribution in [2.45, 2.75) is 4.90 Å². The summed E-state index contributed by atoms with van der Waals surface area (Å²) in [5, 5.41) is 20.7. The summed E-state index contributed by atoms with van der Waals surface area (Å²) >= 11 is 0. The SMILES string of the molecule is COc1ccc(S(=O)(=O)Nc2c(C(=O)O)cc(OC)c(OC)c2OC)cc1[N+](=O)[O-]. The third kappa shape index (κ3) is 4.15. The fraction of sp³-hybridized carbons (Fsp3) is 0.235. The molecule has 13 heteroatoms. The van der Waals surface area contributed by atoms with Gasteiger partial charge in [0.15, 0.2) is 17.2 Å². The van der Waals surface area contributed by atoms with Crippen LogP contribution in [0.1, 0.15) is 10.4 Å². The third-order valence-electron chi connectivity index (χ3n) is 3.95. The Bertz CT molecular complexity index is 1100. The zero-order chi connectivity index (χ0) is 22.6. The molecule has 0 saturated carbocycles. The summed E-state index contributed by atoms with van der Waals surface area (Å²) in [6, 6.07) is 4.02. The summed E-state index contributed by atoms with van der Waals surface area (Å²) in [6.07, 6.45) is 0. The lowest BCUT2D eigenvalue weighted by atomic mass is 10.1. The van der Waals surface area contributed by atoms with E-state index in [1.807, 2.05) is 0 Å². The average Bonchev–Trinajstić information content (AvgIpc) is 2.71. The molecule has 0 aliphatic rings. The maximum atomic E-state index is 12.9. The number of anilines is 1. The highest BCUT2D eigenvalue weighted by molar-refractivity contribution is 7.92. The van der Waals surface area contributed by atoms with Crippen molar-refractivity contribution in [3.63, 3.8) is 0 Å². The number of ether oxygens (including phenoxy) is 4. The van der Waals surface area contributed by atoms with Gasteiger partial charge in [0.1, 0.15) is 5.69 Å². The van der Waals surface area contributed by atoms with Gasteiger partial charge in [-0.1, -0.05) is 0 Å². The van der Waals surface area contributed by atoms with Crippen LogP contribution in [-0.2, 0) is 10.0 Å². The van der Waals surface area contributed by atoms with E-state index in [1.165, 1.54) is 28.4 Å². The van der Waals surface area contributed by atoms with E-state index in [2.05, 4.69) is 4.72 Å². The van der Waals surface area contributed by atoms with Gasteiger partial charge in [0, 0.05) is 12.1 Å². The first-order valence-electron chi connectivity index (χ1n) is 8.02. The predicted molar refractivity (Wildman–Crippen MR) is 104 cm³/mol. The van der Waals surface area contributed by atoms with Crippen molar-refractivity contribution < 1.29 is 42.2 Å². The summed E-state index contributed by atoms with van der Waals surface area (Å²) in [6.45, 7) is 0. The molecule has 0 aliphatic heterocycles. The molecule has 0 unspecified atom stereocenters. The molecular weight excluding hydrogens is 424 g/mol. The summed E-state index contributed by atoms with van der Waals surface area (Å²) in [5.74, 6) is -1.93. The van der Waals surface area contributed by atoms with E-state index in [-0.39, 0.29) is 23.0 Å². The number of nitro benzene ring substituents is 1. The van der Waals surface area contributed by atoms with Gasteiger partial charge < -0.3 is 24.1 Å². The Labute approximate surface area is 171 Å². The lowest BCUT2D eigenvalue weighted by Crippen LogP contribution is -2.17. The van der Waals surface area contributed by atoms with Crippen LogP contribution in [-0.4, -0.2) is 52.9 Å². The number of rotatable bonds is 9. The normalized spacial score (nSPS) is 10.8. The van der Waals surface area contributed by atoms with Gasteiger partial charge in [-0.15, -0.1) is 0 Å². The van der Waals surface area contributed by atoms with Crippen molar-refractivity contribution in [3.8, 4) is 23.0 Å². The largest absolute Gasteiger partial charge is 0.493 e. The Balaban J connectivity index is 2.70. The fourth-order valence-electron chi connectivity index (χ4n) is 2.60. The maximum Gasteiger partial charge on any atom is 0.338 e. The second-order valence-electron chi connectivity index (χ2n) is 5.57. The number of carboxylic acid groups (broad SMARTS) is 1. The number of methoxy groups -OCH3 is 4. The molecule has 0 fully saturated rings. The van der Waals surface area contributed by atoms with Crippen LogP contribution < -0.4 is 23.7 Å². The van der Waals surface area contributed by atoms with Gasteiger partial charge in [0.25, 0.3) is 10.0 Å². The van der Waals surface area contributed by atoms with E-state index >= 15 is 0 Å². The van der Waals surface area contributed by atoms with Gasteiger partial charge in [-0.25, -0.2) is 13.2 Å². The Morgan fingerprint density at radius 2 is 1.60 bits per heavy atom. The van der Waals surface area contributed by atoms with Gasteiger partial charge in [-0.2, -0.15) is 0 Å². The van der Waals surface area contributed by atoms with E-state index in [1.54, 1.807) is 0 Å². The van der Waals surface area contributed by atoms with E-state index in [0.717, 1.165) is 24.3 Å². The van der Waals surface area contributed by atoms with Crippen molar-refractivity contribution in [1.29, 1.82) is 0 Å². The molecule has 0 bridgehead atoms. The molecule has 0 spiro atoms. The van der Waals surface area contributed by atoms with Crippen LogP contribution in [0.25, 0.3) is 0 Å². The van der Waals surface area contributed by atoms with Crippen LogP contribution in [0.3, 0.4) is 0 Å². The number of benzene rings is 2. The number of hydrogen-bond donors (Lipinski definition) is 2. The van der Waals surface area contributed by atoms with E-state index in [0.29, 0.717) is 0 Å². The van der Waals surface area contributed by atoms with Gasteiger partial charge in [0.05, 0.1) is 43.8 Å². The summed E-state index contributed by atoms with van der Waals surface area (Å²) < 4.78 is 48.1. The topological polar surface area (TPSA) is 164 Å². The monoisotopic (exact) mass is 442 g/mol. The summed E-state index contributed by atoms with van der Waals surface area (Å²) in [4.78, 5) is 21.6. The highest BCUT2D eigenvalue weighted by atomic mass is 32.2. The minimum absolute atomic E-state index is 0.00483. The highest BCUT2D eigenvalue weighted by Crippen LogP contribution is 2.46. The van der Waals surface area contributed by atoms with Gasteiger partial charge in [0.2, 0.25) is 5.75 Å². The molecule has 2 rings (SSSR count). The zero-order valence-corrected chi connectivity index (χ0v) is 17.1. The number of nitrogens with one attached hydrogen (secondary N) is 1. The molecule has 0 amide bonds. The first kappa shape index (κ1) is 22.5. The number of sulfonamides is 1. The number of hydrogen-bond acceptors (Lipinski definition) is 9. The number of carboxylic acids is 1. The molecule has 0 heterocycles. The summed E-state index contributed by atoms with van der Waals surface area (Å²) in [7, 11) is 0.422. The molecule has 0 saturated heterocycles. The average molecular weight is 442 g/mol. The number of carbonyl (C=O) groups is 1. The predicted octanol–water partition coefficient (Wildman–Crippen LogP) is 2.13. The lowest BCUT2D eigenvalue weighted by molar-refractivity contribution is -0.386. The molecule has 2 aromatic rings. The molecule has 0 atom stereocenters. The molecule has 0 aliphatic carbocycles. The quantitative estimate of drug-likeness (QED) is 0.434. The Morgan fingerprint density at radius 3 is 2.07 bits per heavy atom. The third-order valence-corrected chi connectivity index (χ3v) is 5.30. The van der Waals surface area contributed by atoms with Crippen LogP contribution in [0, 0.1) is 10.1 Å². The van der Waals surface area contributed by atoms with E-state index in [4.69, 9.17) is 18.9 Å². The fourth-order valence-corrected chi connectivity index (χ4v) is 3.70. The van der Waals surface area contributed by atoms with Gasteiger partial charge in [-0.05, 0) is 12.1 Å². The smallest absolute Gasteiger partial charge is 0.338 e. The molecule has 2 aromatic carbocycles. The first-order chi connectivity index (χ1) is 14.1. The lowest BCUT2D eigenvalue weighted by Gasteiger charge is -2.19. The maximum absolute atomic E-state index is 12.9. The Kier molecular flexibility index (Phi) is 6.56. The molecule has 12 nitrogen and oxygen atoms in total. The molecule has 30 heavy (non-hydrogen) atoms. The van der Waals surface area contributed by atoms with Crippen molar-refractivity contribution in [2.75, 3.05) is 33.2 Å². The first-order valence-corrected chi connectivity index (χ1v) is 9.51. The Morgan fingerprint density at radius 1 is 1.00 bits per heavy atom. The van der Waals surface area contributed by atoms with Crippen LogP contribution in [0.2, 0.25) is 0 Å². The molecule has 0 aromatic heterocycles. The molecule has 2 N–H and O–H groups in total. The molecular formula is C17H18N2O10S. The van der Waals surface area contributed by atoms with Gasteiger partial charge >= 0.3 is 11.7 Å². The standard InChI is InChI=1S/C17H18N2O10S/c1-26-12-6-5-9(7-11(12)19(22)23)30(24,25)18-14-10(17(20)21)8-13(27-2)15(28-3)16(14)29-4/h5-8,18H,1-4H3,(H,20,21). The minimum atomic E-state index is -4.48. The number of nitro groups is 1. The van der Waals surface area contributed by atoms with Crippen LogP contribution in [0.4, 0.5) is 11.4 Å². The molecule has 0 radical (unpaired) electrons. The van der Waals surface area contributed by atoms with Crippen LogP contribution in [0.15, 0.2) is 29.2 Å². The van der Waals surface area contributed by atoms with Crippen molar-refractivity contribution in [2.24, 2.45) is 0 Å². The second kappa shape index (κ2) is 8.73. The van der Waals surface area contributed by atoms with Crippen molar-refractivity contribution in [3.05, 3.63) is 39.9 Å². The van der Waals surface area contributed by atoms with Crippen LogP contribution in [0.5, 0.6) is 23.0 Å². The number of nitrogens with zero attached hydrogens (tertiary/aromatic N) is 1. The van der Waals surface area contributed by atoms with Crippen molar-refractivity contribution >= 4 is 27.4 Å². The zero-order valence-electron chi connectivity index (χ0n) is 16.3. The van der Waals surface area contributed by atoms with E-state index in [9.17, 15) is 28.4 Å². The van der Waals surface area contributed by atoms with Gasteiger partial charge in [-0.3, -0.25) is 14.8 Å². The second-order valence-corrected chi connectivity index (χ2v) is 7.25. The summed E-state index contributed by atoms with van der Waals surface area (Å²) in [5.41, 5.74) is -1.52. The Hall–Kier alpha value is -3.74. The van der Waals surface area contributed by atoms with E-state index < -0.39 is 42.7 Å². The van der Waals surface area contributed by atoms with Crippen molar-refractivity contribution in [1.82, 2.24) is 0 Å². The van der Waals surface area contributed by atoms with Crippen LogP contribution >= 0.6 is 0 Å². The molecule has 162 valence electrons.